The first kappa shape index (κ1) is 38.7. The molecule has 0 heterocycles. The number of hydrogen-bond acceptors (Lipinski definition) is 2. The zero-order chi connectivity index (χ0) is 42.7. The highest BCUT2D eigenvalue weighted by atomic mass is 15.2. The summed E-state index contributed by atoms with van der Waals surface area (Å²) in [6, 6.07) is 90.0. The highest BCUT2D eigenvalue weighted by Crippen LogP contribution is 2.51. The predicted molar refractivity (Wildman–Crippen MR) is 272 cm³/mol. The first-order valence-electron chi connectivity index (χ1n) is 22.2. The Morgan fingerprint density at radius 2 is 0.766 bits per heavy atom. The van der Waals surface area contributed by atoms with Crippen molar-refractivity contribution in [3.05, 3.63) is 284 Å². The molecular formula is C62H46N2. The van der Waals surface area contributed by atoms with Crippen LogP contribution in [0, 0.1) is 0 Å². The van der Waals surface area contributed by atoms with Crippen LogP contribution in [0.4, 0.5) is 34.1 Å². The molecule has 304 valence electrons. The summed E-state index contributed by atoms with van der Waals surface area (Å²) in [7, 11) is 0. The van der Waals surface area contributed by atoms with Crippen LogP contribution < -0.4 is 9.80 Å². The third kappa shape index (κ3) is 7.06. The topological polar surface area (TPSA) is 6.48 Å². The number of nitrogens with zero attached hydrogens (tertiary/aromatic N) is 2. The molecule has 2 nitrogen and oxygen atoms in total. The number of para-hydroxylation sites is 4. The fourth-order valence-corrected chi connectivity index (χ4v) is 9.71. The highest BCUT2D eigenvalue weighted by Gasteiger charge is 2.37. The zero-order valence-corrected chi connectivity index (χ0v) is 35.5. The van der Waals surface area contributed by atoms with Crippen molar-refractivity contribution in [1.82, 2.24) is 0 Å². The van der Waals surface area contributed by atoms with Gasteiger partial charge in [-0.2, -0.15) is 0 Å². The maximum atomic E-state index is 2.46. The Morgan fingerprint density at radius 3 is 1.27 bits per heavy atom. The van der Waals surface area contributed by atoms with Crippen LogP contribution in [0.15, 0.2) is 267 Å². The van der Waals surface area contributed by atoms with Gasteiger partial charge in [-0.05, 0) is 93.6 Å². The van der Waals surface area contributed by atoms with Gasteiger partial charge >= 0.3 is 0 Å². The standard InChI is InChI=1S/C62H46N2/c1-6-22-51(23-7-1)62(59-41-39-49-21-17-19-33-57(49)61(59)64(54-28-12-4-13-29-54)55-30-14-5-15-31-55)44-42-47(43-45-62)46-34-36-50(37-35-46)58-40-38-48-20-16-18-32-56(48)60(58)63(52-24-8-2-9-25-52)53-26-10-3-11-27-53/h1-44H,45H2. The second-order valence-electron chi connectivity index (χ2n) is 16.5. The van der Waals surface area contributed by atoms with E-state index in [9.17, 15) is 0 Å². The van der Waals surface area contributed by atoms with Gasteiger partial charge in [0.25, 0.3) is 0 Å². The lowest BCUT2D eigenvalue weighted by Gasteiger charge is -2.39. The molecule has 1 unspecified atom stereocenters. The SMILES string of the molecule is C1=CC(c2ccccc2)(c2ccc3ccccc3c2N(c2ccccc2)c2ccccc2)CC=C1c1ccc(-c2ccc3ccccc3c2N(c2ccccc2)c2ccccc2)cc1. The van der Waals surface area contributed by atoms with Gasteiger partial charge in [-0.25, -0.2) is 0 Å². The van der Waals surface area contributed by atoms with Gasteiger partial charge in [0, 0.05) is 44.5 Å². The van der Waals surface area contributed by atoms with E-state index in [1.807, 2.05) is 0 Å². The van der Waals surface area contributed by atoms with Gasteiger partial charge in [-0.3, -0.25) is 0 Å². The summed E-state index contributed by atoms with van der Waals surface area (Å²) in [5.74, 6) is 0. The number of rotatable bonds is 10. The van der Waals surface area contributed by atoms with Gasteiger partial charge in [0.15, 0.2) is 0 Å². The van der Waals surface area contributed by atoms with Crippen LogP contribution in [0.3, 0.4) is 0 Å². The second kappa shape index (κ2) is 16.9. The number of allylic oxidation sites excluding steroid dienone is 4. The molecule has 1 aliphatic carbocycles. The second-order valence-corrected chi connectivity index (χ2v) is 16.5. The molecule has 0 radical (unpaired) electrons. The summed E-state index contributed by atoms with van der Waals surface area (Å²) in [4.78, 5) is 4.85. The number of anilines is 6. The van der Waals surface area contributed by atoms with Crippen molar-refractivity contribution in [3.63, 3.8) is 0 Å². The molecule has 0 N–H and O–H groups in total. The van der Waals surface area contributed by atoms with Crippen LogP contribution in [0.5, 0.6) is 0 Å². The summed E-state index contributed by atoms with van der Waals surface area (Å²) in [6.45, 7) is 0. The van der Waals surface area contributed by atoms with E-state index in [2.05, 4.69) is 277 Å². The number of benzene rings is 10. The van der Waals surface area contributed by atoms with Crippen LogP contribution >= 0.6 is 0 Å². The number of hydrogen-bond donors (Lipinski definition) is 0. The molecule has 0 aliphatic heterocycles. The maximum Gasteiger partial charge on any atom is 0.0618 e. The van der Waals surface area contributed by atoms with E-state index in [-0.39, 0.29) is 0 Å². The normalized spacial score (nSPS) is 14.6. The lowest BCUT2D eigenvalue weighted by molar-refractivity contribution is 0.651. The molecule has 0 bridgehead atoms. The number of fused-ring (bicyclic) bond motifs is 2. The lowest BCUT2D eigenvalue weighted by atomic mass is 9.68. The van der Waals surface area contributed by atoms with Crippen LogP contribution in [-0.4, -0.2) is 0 Å². The summed E-state index contributed by atoms with van der Waals surface area (Å²) >= 11 is 0. The Morgan fingerprint density at radius 1 is 0.344 bits per heavy atom. The molecule has 0 fully saturated rings. The molecule has 0 amide bonds. The third-order valence-electron chi connectivity index (χ3n) is 12.8. The monoisotopic (exact) mass is 818 g/mol. The summed E-state index contributed by atoms with van der Waals surface area (Å²) in [6.07, 6.45) is 8.07. The van der Waals surface area contributed by atoms with E-state index in [0.717, 1.165) is 29.2 Å². The van der Waals surface area contributed by atoms with Gasteiger partial charge in [0.05, 0.1) is 11.4 Å². The van der Waals surface area contributed by atoms with E-state index < -0.39 is 5.41 Å². The molecule has 11 rings (SSSR count). The largest absolute Gasteiger partial charge is 0.310 e. The van der Waals surface area contributed by atoms with Crippen LogP contribution in [0.25, 0.3) is 38.2 Å². The Bertz CT molecular complexity index is 3190. The summed E-state index contributed by atoms with van der Waals surface area (Å²) in [5, 5.41) is 4.84. The Balaban J connectivity index is 1.02. The van der Waals surface area contributed by atoms with Crippen molar-refractivity contribution in [2.75, 3.05) is 9.80 Å². The maximum absolute atomic E-state index is 2.46. The molecule has 64 heavy (non-hydrogen) atoms. The highest BCUT2D eigenvalue weighted by molar-refractivity contribution is 6.06. The minimum Gasteiger partial charge on any atom is -0.310 e. The molecule has 0 saturated carbocycles. The first-order chi connectivity index (χ1) is 31.7. The van der Waals surface area contributed by atoms with Crippen LogP contribution in [0.2, 0.25) is 0 Å². The molecule has 2 heteroatoms. The van der Waals surface area contributed by atoms with E-state index in [1.165, 1.54) is 66.3 Å². The van der Waals surface area contributed by atoms with E-state index in [4.69, 9.17) is 0 Å². The van der Waals surface area contributed by atoms with Gasteiger partial charge in [0.2, 0.25) is 0 Å². The summed E-state index contributed by atoms with van der Waals surface area (Å²) in [5.41, 5.74) is 13.7. The predicted octanol–water partition coefficient (Wildman–Crippen LogP) is 16.9. The minimum atomic E-state index is -0.440. The van der Waals surface area contributed by atoms with Crippen molar-refractivity contribution >= 4 is 61.2 Å². The fraction of sp³-hybridized carbons (Fsp3) is 0.0323. The van der Waals surface area contributed by atoms with Gasteiger partial charge in [-0.1, -0.05) is 218 Å². The molecule has 1 atom stereocenters. The van der Waals surface area contributed by atoms with Gasteiger partial charge in [0.1, 0.15) is 0 Å². The van der Waals surface area contributed by atoms with E-state index >= 15 is 0 Å². The van der Waals surface area contributed by atoms with Gasteiger partial charge in [-0.15, -0.1) is 0 Å². The molecule has 0 saturated heterocycles. The first-order valence-corrected chi connectivity index (χ1v) is 22.2. The molecule has 0 spiro atoms. The zero-order valence-electron chi connectivity index (χ0n) is 35.5. The van der Waals surface area contributed by atoms with E-state index in [1.54, 1.807) is 0 Å². The third-order valence-corrected chi connectivity index (χ3v) is 12.8. The van der Waals surface area contributed by atoms with Crippen molar-refractivity contribution in [3.8, 4) is 11.1 Å². The van der Waals surface area contributed by atoms with Crippen molar-refractivity contribution in [2.45, 2.75) is 11.8 Å². The van der Waals surface area contributed by atoms with Gasteiger partial charge < -0.3 is 9.80 Å². The molecular weight excluding hydrogens is 773 g/mol. The average Bonchev–Trinajstić information content (AvgIpc) is 3.38. The summed E-state index contributed by atoms with van der Waals surface area (Å²) < 4.78 is 0. The van der Waals surface area contributed by atoms with Crippen molar-refractivity contribution in [1.29, 1.82) is 0 Å². The van der Waals surface area contributed by atoms with Crippen molar-refractivity contribution in [2.24, 2.45) is 0 Å². The molecule has 10 aromatic rings. The smallest absolute Gasteiger partial charge is 0.0618 e. The lowest BCUT2D eigenvalue weighted by Crippen LogP contribution is -2.29. The van der Waals surface area contributed by atoms with E-state index in [0.29, 0.717) is 0 Å². The minimum absolute atomic E-state index is 0.440. The fourth-order valence-electron chi connectivity index (χ4n) is 9.71. The Labute approximate surface area is 376 Å². The molecule has 10 aromatic carbocycles. The Kier molecular flexibility index (Phi) is 10.2. The van der Waals surface area contributed by atoms with Crippen LogP contribution in [0.1, 0.15) is 23.1 Å². The van der Waals surface area contributed by atoms with Crippen molar-refractivity contribution < 1.29 is 0 Å². The average molecular weight is 819 g/mol. The molecule has 0 aromatic heterocycles. The Hall–Kier alpha value is -8.20. The quantitative estimate of drug-likeness (QED) is 0.136. The van der Waals surface area contributed by atoms with Crippen LogP contribution in [-0.2, 0) is 5.41 Å². The molecule has 1 aliphatic rings.